The van der Waals surface area contributed by atoms with Crippen LogP contribution in [-0.4, -0.2) is 26.7 Å². The maximum Gasteiger partial charge on any atom is 0.354 e. The van der Waals surface area contributed by atoms with Crippen LogP contribution in [0.5, 0.6) is 0 Å². The van der Waals surface area contributed by atoms with Crippen LogP contribution in [0.3, 0.4) is 0 Å². The molecule has 0 saturated heterocycles. The van der Waals surface area contributed by atoms with E-state index in [0.29, 0.717) is 24.0 Å². The van der Waals surface area contributed by atoms with E-state index >= 15 is 0 Å². The summed E-state index contributed by atoms with van der Waals surface area (Å²) < 4.78 is 8.55. The van der Waals surface area contributed by atoms with E-state index in [9.17, 15) is 4.79 Å². The Labute approximate surface area is 110 Å². The molecule has 96 valence electrons. The molecule has 0 fully saturated rings. The Balaban J connectivity index is 2.22. The zero-order valence-electron chi connectivity index (χ0n) is 10.3. The normalized spacial score (nSPS) is 10.6. The number of aromatic nitrogens is 3. The third-order valence-electron chi connectivity index (χ3n) is 2.65. The van der Waals surface area contributed by atoms with Crippen molar-refractivity contribution in [3.8, 4) is 0 Å². The third kappa shape index (κ3) is 2.41. The van der Waals surface area contributed by atoms with Crippen LogP contribution in [0.15, 0.2) is 24.5 Å². The highest BCUT2D eigenvalue weighted by atomic mass is 35.5. The summed E-state index contributed by atoms with van der Waals surface area (Å²) in [5, 5.41) is 0.565. The lowest BCUT2D eigenvalue weighted by molar-refractivity contribution is 0.0514. The highest BCUT2D eigenvalue weighted by molar-refractivity contribution is 6.29. The summed E-state index contributed by atoms with van der Waals surface area (Å²) in [7, 11) is 1.83. The Morgan fingerprint density at radius 1 is 1.56 bits per heavy atom. The first kappa shape index (κ1) is 12.7. The first-order valence-corrected chi connectivity index (χ1v) is 5.99. The van der Waals surface area contributed by atoms with Crippen molar-refractivity contribution >= 4 is 17.6 Å². The fourth-order valence-corrected chi connectivity index (χ4v) is 1.81. The van der Waals surface area contributed by atoms with Crippen molar-refractivity contribution in [1.29, 1.82) is 0 Å². The van der Waals surface area contributed by atoms with Crippen LogP contribution in [0.2, 0.25) is 5.15 Å². The van der Waals surface area contributed by atoms with E-state index < -0.39 is 0 Å². The van der Waals surface area contributed by atoms with Crippen molar-refractivity contribution in [2.75, 3.05) is 6.61 Å². The molecule has 2 heterocycles. The summed E-state index contributed by atoms with van der Waals surface area (Å²) in [6, 6.07) is 3.53. The molecule has 0 aliphatic heterocycles. The number of carbonyl (C=O) groups is 1. The molecule has 0 aliphatic rings. The molecule has 0 spiro atoms. The van der Waals surface area contributed by atoms with Gasteiger partial charge in [-0.25, -0.2) is 9.78 Å². The lowest BCUT2D eigenvalue weighted by Gasteiger charge is -2.08. The maximum absolute atomic E-state index is 11.7. The molecule has 5 nitrogen and oxygen atoms in total. The van der Waals surface area contributed by atoms with Crippen LogP contribution in [0.4, 0.5) is 0 Å². The van der Waals surface area contributed by atoms with Gasteiger partial charge in [0, 0.05) is 13.2 Å². The molecule has 0 N–H and O–H groups in total. The Kier molecular flexibility index (Phi) is 3.72. The molecule has 2 aromatic rings. The quantitative estimate of drug-likeness (QED) is 0.797. The number of esters is 1. The second-order valence-corrected chi connectivity index (χ2v) is 4.19. The van der Waals surface area contributed by atoms with E-state index in [4.69, 9.17) is 16.3 Å². The van der Waals surface area contributed by atoms with E-state index in [1.165, 1.54) is 0 Å². The average molecular weight is 268 g/mol. The number of imidazole rings is 1. The van der Waals surface area contributed by atoms with Crippen LogP contribution < -0.4 is 0 Å². The van der Waals surface area contributed by atoms with Gasteiger partial charge in [-0.15, -0.1) is 0 Å². The summed E-state index contributed by atoms with van der Waals surface area (Å²) in [5.74, 6) is 0.449. The monoisotopic (exact) mass is 267 g/mol. The highest BCUT2D eigenvalue weighted by Crippen LogP contribution is 2.12. The molecule has 0 amide bonds. The van der Waals surface area contributed by atoms with Gasteiger partial charge in [-0.05, 0) is 19.1 Å². The topological polar surface area (TPSA) is 49.1 Å². The molecular formula is C12H14ClN3O2. The largest absolute Gasteiger partial charge is 0.461 e. The summed E-state index contributed by atoms with van der Waals surface area (Å²) >= 11 is 5.92. The van der Waals surface area contributed by atoms with Gasteiger partial charge < -0.3 is 13.9 Å². The Bertz CT molecular complexity index is 559. The number of carbonyl (C=O) groups excluding carboxylic acids is 1. The predicted molar refractivity (Wildman–Crippen MR) is 67.7 cm³/mol. The first-order chi connectivity index (χ1) is 8.63. The third-order valence-corrected chi connectivity index (χ3v) is 3.00. The Morgan fingerprint density at radius 3 is 2.94 bits per heavy atom. The van der Waals surface area contributed by atoms with Crippen molar-refractivity contribution < 1.29 is 9.53 Å². The van der Waals surface area contributed by atoms with Crippen LogP contribution in [0, 0.1) is 0 Å². The van der Waals surface area contributed by atoms with Crippen LogP contribution in [0.1, 0.15) is 23.2 Å². The minimum absolute atomic E-state index is 0.331. The smallest absolute Gasteiger partial charge is 0.354 e. The number of nitrogens with zero attached hydrogens (tertiary/aromatic N) is 3. The number of halogens is 1. The van der Waals surface area contributed by atoms with Crippen molar-refractivity contribution in [1.82, 2.24) is 14.1 Å². The van der Waals surface area contributed by atoms with Crippen molar-refractivity contribution in [3.63, 3.8) is 0 Å². The minimum atomic E-state index is -0.331. The van der Waals surface area contributed by atoms with E-state index in [1.54, 1.807) is 34.4 Å². The number of hydrogen-bond acceptors (Lipinski definition) is 3. The van der Waals surface area contributed by atoms with Gasteiger partial charge in [0.25, 0.3) is 0 Å². The van der Waals surface area contributed by atoms with Crippen molar-refractivity contribution in [2.24, 2.45) is 7.05 Å². The molecule has 2 rings (SSSR count). The summed E-state index contributed by atoms with van der Waals surface area (Å²) in [6.07, 6.45) is 3.40. The Hall–Kier alpha value is -1.75. The summed E-state index contributed by atoms with van der Waals surface area (Å²) in [6.45, 7) is 2.62. The standard InChI is InChI=1S/C12H14ClN3O2/c1-3-18-12(17)9-5-4-6-16(9)8-11-14-7-10(13)15(11)2/h4-7H,3,8H2,1-2H3. The molecule has 18 heavy (non-hydrogen) atoms. The van der Waals surface area contributed by atoms with Gasteiger partial charge in [-0.1, -0.05) is 11.6 Å². The van der Waals surface area contributed by atoms with Gasteiger partial charge >= 0.3 is 5.97 Å². The number of rotatable bonds is 4. The van der Waals surface area contributed by atoms with Gasteiger partial charge in [0.2, 0.25) is 0 Å². The zero-order chi connectivity index (χ0) is 13.1. The van der Waals surface area contributed by atoms with Crippen molar-refractivity contribution in [3.05, 3.63) is 41.2 Å². The second kappa shape index (κ2) is 5.27. The maximum atomic E-state index is 11.7. The lowest BCUT2D eigenvalue weighted by Crippen LogP contribution is -2.14. The molecule has 0 saturated carbocycles. The zero-order valence-corrected chi connectivity index (χ0v) is 11.0. The fourth-order valence-electron chi connectivity index (χ4n) is 1.67. The highest BCUT2D eigenvalue weighted by Gasteiger charge is 2.13. The van der Waals surface area contributed by atoms with Gasteiger partial charge in [0.1, 0.15) is 16.7 Å². The average Bonchev–Trinajstić information content (AvgIpc) is 2.92. The number of hydrogen-bond donors (Lipinski definition) is 0. The second-order valence-electron chi connectivity index (χ2n) is 3.80. The SMILES string of the molecule is CCOC(=O)c1cccn1Cc1ncc(Cl)n1C. The summed E-state index contributed by atoms with van der Waals surface area (Å²) in [4.78, 5) is 15.9. The summed E-state index contributed by atoms with van der Waals surface area (Å²) in [5.41, 5.74) is 0.510. The molecule has 2 aromatic heterocycles. The molecule has 0 aliphatic carbocycles. The van der Waals surface area contributed by atoms with Gasteiger partial charge in [0.05, 0.1) is 19.3 Å². The van der Waals surface area contributed by atoms with Crippen LogP contribution >= 0.6 is 11.6 Å². The molecule has 0 atom stereocenters. The van der Waals surface area contributed by atoms with E-state index in [2.05, 4.69) is 4.98 Å². The molecule has 6 heteroatoms. The predicted octanol–water partition coefficient (Wildman–Crippen LogP) is 2.10. The minimum Gasteiger partial charge on any atom is -0.461 e. The van der Waals surface area contributed by atoms with Gasteiger partial charge in [-0.3, -0.25) is 0 Å². The van der Waals surface area contributed by atoms with Crippen LogP contribution in [0.25, 0.3) is 0 Å². The van der Waals surface area contributed by atoms with E-state index in [0.717, 1.165) is 5.82 Å². The van der Waals surface area contributed by atoms with Gasteiger partial charge in [0.15, 0.2) is 0 Å². The molecule has 0 unspecified atom stereocenters. The number of ether oxygens (including phenoxy) is 1. The molecule has 0 aromatic carbocycles. The van der Waals surface area contributed by atoms with Crippen molar-refractivity contribution in [2.45, 2.75) is 13.5 Å². The first-order valence-electron chi connectivity index (χ1n) is 5.61. The Morgan fingerprint density at radius 2 is 2.33 bits per heavy atom. The lowest BCUT2D eigenvalue weighted by atomic mass is 10.4. The fraction of sp³-hybridized carbons (Fsp3) is 0.333. The van der Waals surface area contributed by atoms with Gasteiger partial charge in [-0.2, -0.15) is 0 Å². The van der Waals surface area contributed by atoms with Crippen LogP contribution in [-0.2, 0) is 18.3 Å². The molecule has 0 bridgehead atoms. The van der Waals surface area contributed by atoms with E-state index in [1.807, 2.05) is 13.2 Å². The van der Waals surface area contributed by atoms with E-state index in [-0.39, 0.29) is 5.97 Å². The molecule has 0 radical (unpaired) electrons. The molecular weight excluding hydrogens is 254 g/mol.